The zero-order chi connectivity index (χ0) is 10.2. The van der Waals surface area contributed by atoms with Crippen molar-refractivity contribution in [3.05, 3.63) is 45.0 Å². The fourth-order valence-electron chi connectivity index (χ4n) is 1.33. The van der Waals surface area contributed by atoms with Gasteiger partial charge in [0.1, 0.15) is 5.60 Å². The zero-order valence-electron chi connectivity index (χ0n) is 7.53. The topological polar surface area (TPSA) is 33.4 Å². The predicted octanol–water partition coefficient (Wildman–Crippen LogP) is 3.36. The van der Waals surface area contributed by atoms with Gasteiger partial charge in [-0.2, -0.15) is 11.3 Å². The van der Waals surface area contributed by atoms with Crippen LogP contribution in [0, 0.1) is 0 Å². The van der Waals surface area contributed by atoms with Crippen LogP contribution in [0.2, 0.25) is 0 Å². The van der Waals surface area contributed by atoms with E-state index in [1.165, 1.54) is 0 Å². The smallest absolute Gasteiger partial charge is 0.117 e. The molecule has 0 amide bonds. The highest BCUT2D eigenvalue weighted by atomic mass is 79.9. The van der Waals surface area contributed by atoms with Gasteiger partial charge in [-0.25, -0.2) is 0 Å². The summed E-state index contributed by atoms with van der Waals surface area (Å²) >= 11 is 4.96. The van der Waals surface area contributed by atoms with Gasteiger partial charge in [-0.3, -0.25) is 0 Å². The summed E-state index contributed by atoms with van der Waals surface area (Å²) in [4.78, 5) is 0. The molecular weight excluding hydrogens is 264 g/mol. The summed E-state index contributed by atoms with van der Waals surface area (Å²) in [6.45, 7) is 1.75. The molecule has 1 N–H and O–H groups in total. The van der Waals surface area contributed by atoms with Gasteiger partial charge < -0.3 is 9.52 Å². The number of hydrogen-bond acceptors (Lipinski definition) is 3. The van der Waals surface area contributed by atoms with Crippen molar-refractivity contribution in [2.75, 3.05) is 0 Å². The predicted molar refractivity (Wildman–Crippen MR) is 59.4 cm³/mol. The molecule has 2 rings (SSSR count). The van der Waals surface area contributed by atoms with Crippen LogP contribution in [0.5, 0.6) is 0 Å². The third-order valence-corrected chi connectivity index (χ3v) is 3.93. The summed E-state index contributed by atoms with van der Waals surface area (Å²) in [5.74, 6) is 0. The van der Waals surface area contributed by atoms with Gasteiger partial charge in [0.2, 0.25) is 0 Å². The molecule has 2 nitrogen and oxygen atoms in total. The fourth-order valence-corrected chi connectivity index (χ4v) is 3.11. The molecule has 4 heteroatoms. The van der Waals surface area contributed by atoms with E-state index in [1.54, 1.807) is 36.9 Å². The number of halogens is 1. The number of hydrogen-bond donors (Lipinski definition) is 1. The maximum absolute atomic E-state index is 10.3. The first-order valence-corrected chi connectivity index (χ1v) is 5.83. The molecule has 0 spiro atoms. The van der Waals surface area contributed by atoms with Crippen LogP contribution in [0.4, 0.5) is 0 Å². The molecule has 14 heavy (non-hydrogen) atoms. The van der Waals surface area contributed by atoms with Gasteiger partial charge in [-0.15, -0.1) is 0 Å². The van der Waals surface area contributed by atoms with Crippen LogP contribution in [-0.2, 0) is 5.60 Å². The van der Waals surface area contributed by atoms with Gasteiger partial charge in [0.15, 0.2) is 0 Å². The average Bonchev–Trinajstić information content (AvgIpc) is 2.72. The Kier molecular flexibility index (Phi) is 2.51. The van der Waals surface area contributed by atoms with Crippen LogP contribution < -0.4 is 0 Å². The van der Waals surface area contributed by atoms with E-state index in [9.17, 15) is 5.11 Å². The van der Waals surface area contributed by atoms with Crippen molar-refractivity contribution in [2.45, 2.75) is 12.5 Å². The monoisotopic (exact) mass is 272 g/mol. The second-order valence-electron chi connectivity index (χ2n) is 3.22. The minimum Gasteiger partial charge on any atom is -0.472 e. The number of thiophene rings is 1. The Balaban J connectivity index is 2.48. The van der Waals surface area contributed by atoms with Gasteiger partial charge in [-0.05, 0) is 34.3 Å². The minimum absolute atomic E-state index is 0.761. The van der Waals surface area contributed by atoms with Crippen LogP contribution in [0.3, 0.4) is 0 Å². The molecule has 0 aromatic carbocycles. The number of furan rings is 1. The van der Waals surface area contributed by atoms with E-state index in [4.69, 9.17) is 4.42 Å². The highest BCUT2D eigenvalue weighted by Gasteiger charge is 2.29. The maximum atomic E-state index is 10.3. The normalized spacial score (nSPS) is 15.4. The molecule has 2 heterocycles. The lowest BCUT2D eigenvalue weighted by Crippen LogP contribution is -2.21. The molecule has 0 bridgehead atoms. The first-order valence-electron chi connectivity index (χ1n) is 4.09. The first kappa shape index (κ1) is 9.96. The minimum atomic E-state index is -0.994. The lowest BCUT2D eigenvalue weighted by atomic mass is 9.93. The highest BCUT2D eigenvalue weighted by molar-refractivity contribution is 9.10. The van der Waals surface area contributed by atoms with Gasteiger partial charge >= 0.3 is 0 Å². The Morgan fingerprint density at radius 2 is 2.29 bits per heavy atom. The SMILES string of the molecule is CC(O)(c1ccoc1)c1cscc1Br. The van der Waals surface area contributed by atoms with Gasteiger partial charge in [-0.1, -0.05) is 0 Å². The summed E-state index contributed by atoms with van der Waals surface area (Å²) in [5.41, 5.74) is 0.631. The zero-order valence-corrected chi connectivity index (χ0v) is 9.93. The molecule has 2 aromatic heterocycles. The van der Waals surface area contributed by atoms with E-state index in [2.05, 4.69) is 15.9 Å². The Morgan fingerprint density at radius 1 is 1.50 bits per heavy atom. The van der Waals surface area contributed by atoms with E-state index in [0.29, 0.717) is 0 Å². The Bertz CT molecular complexity index is 417. The number of rotatable bonds is 2. The van der Waals surface area contributed by atoms with Crippen molar-refractivity contribution in [1.29, 1.82) is 0 Å². The van der Waals surface area contributed by atoms with E-state index >= 15 is 0 Å². The number of aliphatic hydroxyl groups is 1. The Labute approximate surface area is 94.3 Å². The van der Waals surface area contributed by atoms with Crippen LogP contribution in [-0.4, -0.2) is 5.11 Å². The maximum Gasteiger partial charge on any atom is 0.117 e. The van der Waals surface area contributed by atoms with E-state index in [0.717, 1.165) is 15.6 Å². The third kappa shape index (κ3) is 1.54. The van der Waals surface area contributed by atoms with Gasteiger partial charge in [0.05, 0.1) is 12.5 Å². The highest BCUT2D eigenvalue weighted by Crippen LogP contribution is 2.36. The molecule has 2 aromatic rings. The van der Waals surface area contributed by atoms with Gasteiger partial charge in [0, 0.05) is 21.0 Å². The second-order valence-corrected chi connectivity index (χ2v) is 4.82. The third-order valence-electron chi connectivity index (χ3n) is 2.22. The summed E-state index contributed by atoms with van der Waals surface area (Å²) in [6, 6.07) is 1.77. The van der Waals surface area contributed by atoms with Crippen molar-refractivity contribution in [2.24, 2.45) is 0 Å². The summed E-state index contributed by atoms with van der Waals surface area (Å²) < 4.78 is 5.89. The van der Waals surface area contributed by atoms with Crippen molar-refractivity contribution in [3.8, 4) is 0 Å². The Hall–Kier alpha value is -0.580. The Morgan fingerprint density at radius 3 is 2.79 bits per heavy atom. The molecule has 0 saturated heterocycles. The standard InChI is InChI=1S/C10H9BrO2S/c1-10(12,7-2-3-13-4-7)8-5-14-6-9(8)11/h2-6,12H,1H3. The molecule has 0 fully saturated rings. The van der Waals surface area contributed by atoms with Crippen LogP contribution in [0.15, 0.2) is 38.2 Å². The van der Waals surface area contributed by atoms with Crippen LogP contribution >= 0.6 is 27.3 Å². The molecule has 0 aliphatic carbocycles. The van der Waals surface area contributed by atoms with Crippen LogP contribution in [0.25, 0.3) is 0 Å². The molecule has 0 aliphatic heterocycles. The summed E-state index contributed by atoms with van der Waals surface area (Å²) in [7, 11) is 0. The van der Waals surface area contributed by atoms with Crippen molar-refractivity contribution < 1.29 is 9.52 Å². The second kappa shape index (κ2) is 3.53. The molecular formula is C10H9BrO2S. The molecule has 74 valence electrons. The van der Waals surface area contributed by atoms with Crippen LogP contribution in [0.1, 0.15) is 18.1 Å². The molecule has 0 radical (unpaired) electrons. The summed E-state index contributed by atoms with van der Waals surface area (Å²) in [6.07, 6.45) is 3.12. The fraction of sp³-hybridized carbons (Fsp3) is 0.200. The van der Waals surface area contributed by atoms with E-state index < -0.39 is 5.60 Å². The molecule has 0 aliphatic rings. The van der Waals surface area contributed by atoms with E-state index in [-0.39, 0.29) is 0 Å². The van der Waals surface area contributed by atoms with E-state index in [1.807, 2.05) is 10.8 Å². The quantitative estimate of drug-likeness (QED) is 0.910. The molecule has 1 atom stereocenters. The average molecular weight is 273 g/mol. The molecule has 0 saturated carbocycles. The molecule has 1 unspecified atom stereocenters. The van der Waals surface area contributed by atoms with Crippen molar-refractivity contribution in [1.82, 2.24) is 0 Å². The lowest BCUT2D eigenvalue weighted by Gasteiger charge is -2.21. The largest absolute Gasteiger partial charge is 0.472 e. The van der Waals surface area contributed by atoms with Crippen molar-refractivity contribution in [3.63, 3.8) is 0 Å². The lowest BCUT2D eigenvalue weighted by molar-refractivity contribution is 0.101. The summed E-state index contributed by atoms with van der Waals surface area (Å²) in [5, 5.41) is 14.2. The first-order chi connectivity index (χ1) is 6.62. The van der Waals surface area contributed by atoms with Crippen molar-refractivity contribution >= 4 is 27.3 Å². The van der Waals surface area contributed by atoms with Gasteiger partial charge in [0.25, 0.3) is 0 Å².